The Kier molecular flexibility index (Phi) is 3.77. The van der Waals surface area contributed by atoms with Gasteiger partial charge in [-0.3, -0.25) is 4.79 Å². The SMILES string of the molecule is Cc1ncsc1C(=O)Nc1sc2c(c1C(=O)O)CCCC2. The fraction of sp³-hybridized carbons (Fsp3) is 0.357. The van der Waals surface area contributed by atoms with Crippen LogP contribution in [0.2, 0.25) is 0 Å². The maximum atomic E-state index is 12.3. The van der Waals surface area contributed by atoms with Gasteiger partial charge in [0.05, 0.1) is 16.8 Å². The van der Waals surface area contributed by atoms with Crippen molar-refractivity contribution < 1.29 is 14.7 Å². The highest BCUT2D eigenvalue weighted by atomic mass is 32.1. The Morgan fingerprint density at radius 2 is 2.10 bits per heavy atom. The minimum Gasteiger partial charge on any atom is -0.478 e. The molecule has 0 saturated heterocycles. The van der Waals surface area contributed by atoms with Gasteiger partial charge in [-0.25, -0.2) is 9.78 Å². The molecule has 0 radical (unpaired) electrons. The molecule has 110 valence electrons. The minimum absolute atomic E-state index is 0.269. The molecule has 7 heteroatoms. The second-order valence-corrected chi connectivity index (χ2v) is 6.90. The lowest BCUT2D eigenvalue weighted by Gasteiger charge is -2.10. The molecule has 0 unspecified atom stereocenters. The monoisotopic (exact) mass is 322 g/mol. The van der Waals surface area contributed by atoms with Crippen LogP contribution in [0.5, 0.6) is 0 Å². The van der Waals surface area contributed by atoms with Gasteiger partial charge in [-0.2, -0.15) is 0 Å². The first-order chi connectivity index (χ1) is 10.1. The largest absolute Gasteiger partial charge is 0.478 e. The van der Waals surface area contributed by atoms with Gasteiger partial charge in [-0.15, -0.1) is 22.7 Å². The fourth-order valence-electron chi connectivity index (χ4n) is 2.56. The summed E-state index contributed by atoms with van der Waals surface area (Å²) in [4.78, 5) is 29.5. The number of aromatic carboxylic acids is 1. The standard InChI is InChI=1S/C14H14N2O3S2/c1-7-11(20-6-15-7)12(17)16-13-10(14(18)19)8-4-2-3-5-9(8)21-13/h6H,2-5H2,1H3,(H,16,17)(H,18,19). The lowest BCUT2D eigenvalue weighted by atomic mass is 9.95. The first kappa shape index (κ1) is 14.2. The molecule has 2 aromatic heterocycles. The van der Waals surface area contributed by atoms with Crippen LogP contribution in [0.15, 0.2) is 5.51 Å². The molecule has 0 aliphatic heterocycles. The number of nitrogens with one attached hydrogen (secondary N) is 1. The summed E-state index contributed by atoms with van der Waals surface area (Å²) in [7, 11) is 0. The Morgan fingerprint density at radius 3 is 2.76 bits per heavy atom. The number of thiazole rings is 1. The van der Waals surface area contributed by atoms with Crippen LogP contribution in [-0.4, -0.2) is 22.0 Å². The van der Waals surface area contributed by atoms with Gasteiger partial charge in [0, 0.05) is 4.88 Å². The van der Waals surface area contributed by atoms with E-state index in [1.807, 2.05) is 0 Å². The Bertz CT molecular complexity index is 718. The lowest BCUT2D eigenvalue weighted by Crippen LogP contribution is -2.14. The van der Waals surface area contributed by atoms with E-state index in [2.05, 4.69) is 10.3 Å². The molecule has 1 amide bonds. The number of carboxylic acid groups (broad SMARTS) is 1. The highest BCUT2D eigenvalue weighted by Crippen LogP contribution is 2.38. The van der Waals surface area contributed by atoms with Crippen LogP contribution in [0.25, 0.3) is 0 Å². The van der Waals surface area contributed by atoms with Crippen molar-refractivity contribution in [3.8, 4) is 0 Å². The number of thiophene rings is 1. The Hall–Kier alpha value is -1.73. The van der Waals surface area contributed by atoms with Crippen molar-refractivity contribution in [3.63, 3.8) is 0 Å². The van der Waals surface area contributed by atoms with Crippen molar-refractivity contribution in [1.82, 2.24) is 4.98 Å². The molecule has 0 saturated carbocycles. The van der Waals surface area contributed by atoms with Gasteiger partial charge < -0.3 is 10.4 Å². The van der Waals surface area contributed by atoms with Crippen LogP contribution in [0.1, 0.15) is 49.0 Å². The zero-order chi connectivity index (χ0) is 15.0. The topological polar surface area (TPSA) is 79.3 Å². The predicted octanol–water partition coefficient (Wildman–Crippen LogP) is 3.34. The average molecular weight is 322 g/mol. The van der Waals surface area contributed by atoms with Crippen LogP contribution < -0.4 is 5.32 Å². The molecule has 2 heterocycles. The van der Waals surface area contributed by atoms with Gasteiger partial charge in [0.25, 0.3) is 5.91 Å². The summed E-state index contributed by atoms with van der Waals surface area (Å²) >= 11 is 2.65. The molecule has 1 aliphatic carbocycles. The van der Waals surface area contributed by atoms with E-state index in [0.29, 0.717) is 15.6 Å². The molecule has 0 fully saturated rings. The highest BCUT2D eigenvalue weighted by Gasteiger charge is 2.26. The van der Waals surface area contributed by atoms with E-state index in [4.69, 9.17) is 0 Å². The lowest BCUT2D eigenvalue weighted by molar-refractivity contribution is 0.0697. The van der Waals surface area contributed by atoms with Gasteiger partial charge in [0.2, 0.25) is 0 Å². The molecule has 1 aliphatic rings. The van der Waals surface area contributed by atoms with Crippen LogP contribution in [0, 0.1) is 6.92 Å². The zero-order valence-corrected chi connectivity index (χ0v) is 13.1. The summed E-state index contributed by atoms with van der Waals surface area (Å²) in [6.45, 7) is 1.77. The maximum Gasteiger partial charge on any atom is 0.339 e. The Labute approximate surface area is 129 Å². The predicted molar refractivity (Wildman–Crippen MR) is 82.7 cm³/mol. The summed E-state index contributed by atoms with van der Waals surface area (Å²) < 4.78 is 0. The number of rotatable bonds is 3. The van der Waals surface area contributed by atoms with Crippen LogP contribution >= 0.6 is 22.7 Å². The van der Waals surface area contributed by atoms with Gasteiger partial charge in [-0.1, -0.05) is 0 Å². The highest BCUT2D eigenvalue weighted by molar-refractivity contribution is 7.17. The molecule has 0 spiro atoms. The van der Waals surface area contributed by atoms with E-state index >= 15 is 0 Å². The van der Waals surface area contributed by atoms with Crippen LogP contribution in [-0.2, 0) is 12.8 Å². The minimum atomic E-state index is -0.967. The van der Waals surface area contributed by atoms with E-state index in [1.165, 1.54) is 22.7 Å². The third-order valence-electron chi connectivity index (χ3n) is 3.56. The number of carboxylic acids is 1. The number of hydrogen-bond acceptors (Lipinski definition) is 5. The summed E-state index contributed by atoms with van der Waals surface area (Å²) in [6.07, 6.45) is 3.76. The summed E-state index contributed by atoms with van der Waals surface area (Å²) in [6, 6.07) is 0. The Morgan fingerprint density at radius 1 is 1.33 bits per heavy atom. The van der Waals surface area contributed by atoms with Gasteiger partial charge in [0.15, 0.2) is 0 Å². The smallest absolute Gasteiger partial charge is 0.339 e. The fourth-order valence-corrected chi connectivity index (χ4v) is 4.53. The second kappa shape index (κ2) is 5.57. The molecule has 0 aromatic carbocycles. The summed E-state index contributed by atoms with van der Waals surface area (Å²) in [5.41, 5.74) is 3.44. The maximum absolute atomic E-state index is 12.3. The zero-order valence-electron chi connectivity index (χ0n) is 11.4. The number of hydrogen-bond donors (Lipinski definition) is 2. The van der Waals surface area contributed by atoms with Crippen molar-refractivity contribution in [3.05, 3.63) is 32.1 Å². The van der Waals surface area contributed by atoms with Crippen LogP contribution in [0.3, 0.4) is 0 Å². The van der Waals surface area contributed by atoms with Crippen molar-refractivity contribution in [1.29, 1.82) is 0 Å². The average Bonchev–Trinajstić information content (AvgIpc) is 3.01. The van der Waals surface area contributed by atoms with Crippen molar-refractivity contribution in [2.24, 2.45) is 0 Å². The third-order valence-corrected chi connectivity index (χ3v) is 5.70. The molecule has 2 N–H and O–H groups in total. The molecule has 21 heavy (non-hydrogen) atoms. The normalized spacial score (nSPS) is 13.8. The first-order valence-electron chi connectivity index (χ1n) is 6.67. The number of aryl methyl sites for hydroxylation is 2. The molecule has 5 nitrogen and oxygen atoms in total. The van der Waals surface area contributed by atoms with Crippen molar-refractivity contribution in [2.45, 2.75) is 32.6 Å². The Balaban J connectivity index is 1.95. The van der Waals surface area contributed by atoms with Crippen LogP contribution in [0.4, 0.5) is 5.00 Å². The molecule has 2 aromatic rings. The number of anilines is 1. The van der Waals surface area contributed by atoms with E-state index in [1.54, 1.807) is 12.4 Å². The summed E-state index contributed by atoms with van der Waals surface area (Å²) in [5.74, 6) is -1.25. The van der Waals surface area contributed by atoms with Gasteiger partial charge >= 0.3 is 5.97 Å². The number of nitrogens with zero attached hydrogens (tertiary/aromatic N) is 1. The van der Waals surface area contributed by atoms with Gasteiger partial charge in [-0.05, 0) is 38.2 Å². The summed E-state index contributed by atoms with van der Waals surface area (Å²) in [5, 5.41) is 12.7. The number of aromatic nitrogens is 1. The first-order valence-corrected chi connectivity index (χ1v) is 8.36. The molecular formula is C14H14N2O3S2. The van der Waals surface area contributed by atoms with Gasteiger partial charge in [0.1, 0.15) is 9.88 Å². The molecule has 3 rings (SSSR count). The second-order valence-electron chi connectivity index (χ2n) is 4.94. The molecule has 0 bridgehead atoms. The van der Waals surface area contributed by atoms with Crippen molar-refractivity contribution in [2.75, 3.05) is 5.32 Å². The molecular weight excluding hydrogens is 308 g/mol. The number of carbonyl (C=O) groups excluding carboxylic acids is 1. The third kappa shape index (κ3) is 2.58. The number of fused-ring (bicyclic) bond motifs is 1. The van der Waals surface area contributed by atoms with E-state index in [9.17, 15) is 14.7 Å². The quantitative estimate of drug-likeness (QED) is 0.908. The molecule has 0 atom stereocenters. The van der Waals surface area contributed by atoms with E-state index < -0.39 is 5.97 Å². The number of carbonyl (C=O) groups is 2. The van der Waals surface area contributed by atoms with Crippen molar-refractivity contribution >= 4 is 39.6 Å². The van der Waals surface area contributed by atoms with E-state index in [0.717, 1.165) is 36.1 Å². The van der Waals surface area contributed by atoms with E-state index in [-0.39, 0.29) is 11.5 Å². The number of amides is 1.